The summed E-state index contributed by atoms with van der Waals surface area (Å²) >= 11 is 0. The van der Waals surface area contributed by atoms with E-state index in [1.165, 1.54) is 0 Å². The average molecular weight is 394 g/mol. The molecule has 0 saturated heterocycles. The van der Waals surface area contributed by atoms with Gasteiger partial charge >= 0.3 is 0 Å². The van der Waals surface area contributed by atoms with Gasteiger partial charge in [0.2, 0.25) is 0 Å². The number of amides is 2. The number of imidazole rings is 1. The molecule has 2 heterocycles. The van der Waals surface area contributed by atoms with Crippen LogP contribution in [0.2, 0.25) is 0 Å². The molecule has 2 aromatic carbocycles. The maximum absolute atomic E-state index is 12.8. The summed E-state index contributed by atoms with van der Waals surface area (Å²) < 4.78 is 12.6. The molecule has 1 unspecified atom stereocenters. The summed E-state index contributed by atoms with van der Waals surface area (Å²) in [4.78, 5) is 29.0. The number of carbonyl (C=O) groups is 2. The predicted octanol–water partition coefficient (Wildman–Crippen LogP) is 2.50. The van der Waals surface area contributed by atoms with E-state index in [0.717, 1.165) is 16.9 Å². The molecule has 2 N–H and O–H groups in total. The first-order chi connectivity index (χ1) is 14.1. The van der Waals surface area contributed by atoms with Gasteiger partial charge in [-0.15, -0.1) is 0 Å². The zero-order valence-corrected chi connectivity index (χ0v) is 16.3. The first-order valence-corrected chi connectivity index (χ1v) is 9.38. The Bertz CT molecular complexity index is 1080. The first-order valence-electron chi connectivity index (χ1n) is 9.38. The smallest absolute Gasteiger partial charge is 0.262 e. The highest BCUT2D eigenvalue weighted by molar-refractivity contribution is 6.00. The lowest BCUT2D eigenvalue weighted by atomic mass is 10.1. The summed E-state index contributed by atoms with van der Waals surface area (Å²) in [6.45, 7) is 3.05. The quantitative estimate of drug-likeness (QED) is 0.670. The standard InChI is InChI=1S/C21H22N4O4/c1-13(20-24-15-5-3-4-6-17(15)25(20)9-10-28-2)22-21(27)14-7-8-18-16(11-14)23-19(26)12-29-18/h3-8,11,13H,9-10,12H2,1-2H3,(H,22,27)(H,23,26). The third-order valence-corrected chi connectivity index (χ3v) is 4.81. The average Bonchev–Trinajstić information content (AvgIpc) is 3.10. The molecule has 8 nitrogen and oxygen atoms in total. The lowest BCUT2D eigenvalue weighted by Gasteiger charge is -2.19. The number of rotatable bonds is 6. The second-order valence-electron chi connectivity index (χ2n) is 6.85. The molecule has 2 amide bonds. The molecule has 8 heteroatoms. The number of anilines is 1. The van der Waals surface area contributed by atoms with E-state index in [9.17, 15) is 9.59 Å². The molecule has 1 aromatic heterocycles. The van der Waals surface area contributed by atoms with E-state index in [2.05, 4.69) is 15.2 Å². The van der Waals surface area contributed by atoms with Gasteiger partial charge in [0.05, 0.1) is 29.4 Å². The fourth-order valence-corrected chi connectivity index (χ4v) is 3.41. The van der Waals surface area contributed by atoms with E-state index in [1.807, 2.05) is 31.2 Å². The van der Waals surface area contributed by atoms with Crippen molar-refractivity contribution in [3.8, 4) is 5.75 Å². The maximum Gasteiger partial charge on any atom is 0.262 e. The molecule has 0 radical (unpaired) electrons. The Balaban J connectivity index is 1.58. The number of para-hydroxylation sites is 2. The van der Waals surface area contributed by atoms with E-state index >= 15 is 0 Å². The minimum Gasteiger partial charge on any atom is -0.482 e. The van der Waals surface area contributed by atoms with E-state index in [0.29, 0.717) is 30.2 Å². The Kier molecular flexibility index (Phi) is 5.18. The Morgan fingerprint density at radius 1 is 1.34 bits per heavy atom. The van der Waals surface area contributed by atoms with Gasteiger partial charge in [0.25, 0.3) is 11.8 Å². The van der Waals surface area contributed by atoms with Crippen LogP contribution in [0, 0.1) is 0 Å². The van der Waals surface area contributed by atoms with Crippen molar-refractivity contribution in [3.63, 3.8) is 0 Å². The van der Waals surface area contributed by atoms with Gasteiger partial charge in [-0.2, -0.15) is 0 Å². The molecule has 150 valence electrons. The SMILES string of the molecule is COCCn1c(C(C)NC(=O)c2ccc3c(c2)NC(=O)CO3)nc2ccccc21. The molecule has 29 heavy (non-hydrogen) atoms. The lowest BCUT2D eigenvalue weighted by molar-refractivity contribution is -0.118. The molecule has 0 fully saturated rings. The second-order valence-corrected chi connectivity index (χ2v) is 6.85. The number of aromatic nitrogens is 2. The Labute approximate surface area is 167 Å². The first kappa shape index (κ1) is 18.9. The predicted molar refractivity (Wildman–Crippen MR) is 108 cm³/mol. The number of hydrogen-bond acceptors (Lipinski definition) is 5. The largest absolute Gasteiger partial charge is 0.482 e. The van der Waals surface area contributed by atoms with Crippen molar-refractivity contribution in [3.05, 3.63) is 53.9 Å². The van der Waals surface area contributed by atoms with Crippen LogP contribution in [0.3, 0.4) is 0 Å². The number of fused-ring (bicyclic) bond motifs is 2. The summed E-state index contributed by atoms with van der Waals surface area (Å²) in [5, 5.41) is 5.71. The van der Waals surface area contributed by atoms with Gasteiger partial charge in [0, 0.05) is 19.2 Å². The van der Waals surface area contributed by atoms with Gasteiger partial charge in [0.1, 0.15) is 11.6 Å². The summed E-state index contributed by atoms with van der Waals surface area (Å²) in [5.41, 5.74) is 2.79. The zero-order chi connectivity index (χ0) is 20.4. The third kappa shape index (κ3) is 3.79. The van der Waals surface area contributed by atoms with E-state index < -0.39 is 0 Å². The van der Waals surface area contributed by atoms with Gasteiger partial charge in [-0.05, 0) is 37.3 Å². The Morgan fingerprint density at radius 3 is 3.00 bits per heavy atom. The summed E-state index contributed by atoms with van der Waals surface area (Å²) in [5.74, 6) is 0.808. The monoisotopic (exact) mass is 394 g/mol. The molecule has 0 bridgehead atoms. The molecule has 1 aliphatic rings. The highest BCUT2D eigenvalue weighted by Gasteiger charge is 2.21. The molecule has 0 aliphatic carbocycles. The number of nitrogens with one attached hydrogen (secondary N) is 2. The van der Waals surface area contributed by atoms with Crippen molar-refractivity contribution in [2.24, 2.45) is 0 Å². The summed E-state index contributed by atoms with van der Waals surface area (Å²) in [6, 6.07) is 12.5. The summed E-state index contributed by atoms with van der Waals surface area (Å²) in [7, 11) is 1.66. The van der Waals surface area contributed by atoms with Gasteiger partial charge in [-0.3, -0.25) is 9.59 Å². The second kappa shape index (κ2) is 7.92. The van der Waals surface area contributed by atoms with Crippen molar-refractivity contribution >= 4 is 28.5 Å². The van der Waals surface area contributed by atoms with Gasteiger partial charge < -0.3 is 24.7 Å². The maximum atomic E-state index is 12.8. The number of benzene rings is 2. The highest BCUT2D eigenvalue weighted by atomic mass is 16.5. The fraction of sp³-hybridized carbons (Fsp3) is 0.286. The van der Waals surface area contributed by atoms with E-state index in [-0.39, 0.29) is 24.5 Å². The van der Waals surface area contributed by atoms with Crippen LogP contribution in [0.15, 0.2) is 42.5 Å². The number of carbonyl (C=O) groups excluding carboxylic acids is 2. The third-order valence-electron chi connectivity index (χ3n) is 4.81. The highest BCUT2D eigenvalue weighted by Crippen LogP contribution is 2.29. The van der Waals surface area contributed by atoms with Crippen LogP contribution < -0.4 is 15.4 Å². The zero-order valence-electron chi connectivity index (χ0n) is 16.3. The van der Waals surface area contributed by atoms with Crippen LogP contribution in [0.4, 0.5) is 5.69 Å². The van der Waals surface area contributed by atoms with E-state index in [4.69, 9.17) is 14.5 Å². The molecule has 0 saturated carbocycles. The van der Waals surface area contributed by atoms with Crippen LogP contribution in [-0.2, 0) is 16.1 Å². The van der Waals surface area contributed by atoms with Crippen LogP contribution >= 0.6 is 0 Å². The number of nitrogens with zero attached hydrogens (tertiary/aromatic N) is 2. The van der Waals surface area contributed by atoms with Crippen LogP contribution in [-0.4, -0.2) is 41.7 Å². The number of ether oxygens (including phenoxy) is 2. The van der Waals surface area contributed by atoms with Crippen LogP contribution in [0.25, 0.3) is 11.0 Å². The molecular formula is C21H22N4O4. The van der Waals surface area contributed by atoms with Crippen molar-refractivity contribution in [2.45, 2.75) is 19.5 Å². The molecule has 4 rings (SSSR count). The topological polar surface area (TPSA) is 94.5 Å². The Morgan fingerprint density at radius 2 is 2.17 bits per heavy atom. The molecule has 0 spiro atoms. The molecule has 3 aromatic rings. The minimum atomic E-state index is -0.325. The van der Waals surface area contributed by atoms with Crippen molar-refractivity contribution in [1.82, 2.24) is 14.9 Å². The number of methoxy groups -OCH3 is 1. The van der Waals surface area contributed by atoms with Gasteiger partial charge in [-0.25, -0.2) is 4.98 Å². The van der Waals surface area contributed by atoms with Gasteiger partial charge in [0.15, 0.2) is 6.61 Å². The molecular weight excluding hydrogens is 372 g/mol. The van der Waals surface area contributed by atoms with Crippen LogP contribution in [0.1, 0.15) is 29.1 Å². The normalized spacial score (nSPS) is 14.1. The van der Waals surface area contributed by atoms with Gasteiger partial charge in [-0.1, -0.05) is 12.1 Å². The van der Waals surface area contributed by atoms with Crippen LogP contribution in [0.5, 0.6) is 5.75 Å². The number of hydrogen-bond donors (Lipinski definition) is 2. The Hall–Kier alpha value is -3.39. The lowest BCUT2D eigenvalue weighted by Crippen LogP contribution is -2.30. The van der Waals surface area contributed by atoms with E-state index in [1.54, 1.807) is 25.3 Å². The fourth-order valence-electron chi connectivity index (χ4n) is 3.41. The van der Waals surface area contributed by atoms with Crippen molar-refractivity contribution < 1.29 is 19.1 Å². The molecule has 1 atom stereocenters. The molecule has 1 aliphatic heterocycles. The minimum absolute atomic E-state index is 0.0206. The van der Waals surface area contributed by atoms with Crippen molar-refractivity contribution in [1.29, 1.82) is 0 Å². The summed E-state index contributed by atoms with van der Waals surface area (Å²) in [6.07, 6.45) is 0. The van der Waals surface area contributed by atoms with Crippen molar-refractivity contribution in [2.75, 3.05) is 25.6 Å².